The molecule has 1 heterocycles. The molecule has 0 saturated heterocycles. The van der Waals surface area contributed by atoms with Crippen LogP contribution in [0.1, 0.15) is 12.8 Å². The molecule has 0 unspecified atom stereocenters. The van der Waals surface area contributed by atoms with Crippen molar-refractivity contribution in [1.82, 2.24) is 10.1 Å². The van der Waals surface area contributed by atoms with Crippen LogP contribution in [0, 0.1) is 0 Å². The highest BCUT2D eigenvalue weighted by molar-refractivity contribution is 6.30. The number of hydrogen-bond acceptors (Lipinski definition) is 5. The quantitative estimate of drug-likeness (QED) is 0.905. The largest absolute Gasteiger partial charge is 0.493 e. The van der Waals surface area contributed by atoms with Gasteiger partial charge in [0.05, 0.1) is 18.7 Å². The van der Waals surface area contributed by atoms with Gasteiger partial charge in [-0.15, -0.1) is 0 Å². The van der Waals surface area contributed by atoms with Gasteiger partial charge in [-0.1, -0.05) is 16.8 Å². The van der Waals surface area contributed by atoms with E-state index in [1.54, 1.807) is 18.2 Å². The van der Waals surface area contributed by atoms with Crippen LogP contribution in [-0.2, 0) is 6.54 Å². The fourth-order valence-electron chi connectivity index (χ4n) is 1.41. The average Bonchev–Trinajstić information content (AvgIpc) is 2.80. The fourth-order valence-corrected chi connectivity index (χ4v) is 1.58. The van der Waals surface area contributed by atoms with E-state index < -0.39 is 0 Å². The van der Waals surface area contributed by atoms with Gasteiger partial charge in [-0.05, 0) is 25.1 Å². The van der Waals surface area contributed by atoms with Gasteiger partial charge in [-0.3, -0.25) is 0 Å². The van der Waals surface area contributed by atoms with Crippen molar-refractivity contribution in [3.63, 3.8) is 0 Å². The lowest BCUT2D eigenvalue weighted by Crippen LogP contribution is -1.97. The predicted octanol–water partition coefficient (Wildman–Crippen LogP) is 2.25. The Balaban J connectivity index is 2.44. The van der Waals surface area contributed by atoms with E-state index in [9.17, 15) is 0 Å². The first-order valence-electron chi connectivity index (χ1n) is 5.20. The van der Waals surface area contributed by atoms with Crippen LogP contribution in [0.5, 0.6) is 5.75 Å². The third kappa shape index (κ3) is 2.57. The van der Waals surface area contributed by atoms with Gasteiger partial charge < -0.3 is 15.0 Å². The topological polar surface area (TPSA) is 74.2 Å². The monoisotopic (exact) mass is 253 g/mol. The summed E-state index contributed by atoms with van der Waals surface area (Å²) in [5, 5.41) is 4.42. The summed E-state index contributed by atoms with van der Waals surface area (Å²) in [4.78, 5) is 4.14. The van der Waals surface area contributed by atoms with E-state index in [1.807, 2.05) is 6.92 Å². The molecule has 17 heavy (non-hydrogen) atoms. The Morgan fingerprint density at radius 1 is 1.47 bits per heavy atom. The van der Waals surface area contributed by atoms with E-state index in [1.165, 1.54) is 0 Å². The molecule has 2 N–H and O–H groups in total. The van der Waals surface area contributed by atoms with Crippen LogP contribution in [0.2, 0.25) is 5.02 Å². The van der Waals surface area contributed by atoms with Crippen LogP contribution in [0.15, 0.2) is 22.7 Å². The van der Waals surface area contributed by atoms with Crippen molar-refractivity contribution in [3.05, 3.63) is 29.1 Å². The molecule has 1 aromatic carbocycles. The zero-order valence-corrected chi connectivity index (χ0v) is 10.1. The first kappa shape index (κ1) is 11.9. The van der Waals surface area contributed by atoms with Crippen molar-refractivity contribution >= 4 is 11.6 Å². The van der Waals surface area contributed by atoms with Gasteiger partial charge >= 0.3 is 0 Å². The Bertz CT molecular complexity index is 513. The first-order chi connectivity index (χ1) is 8.24. The Morgan fingerprint density at radius 2 is 2.29 bits per heavy atom. The summed E-state index contributed by atoms with van der Waals surface area (Å²) < 4.78 is 10.4. The van der Waals surface area contributed by atoms with Crippen molar-refractivity contribution in [1.29, 1.82) is 0 Å². The summed E-state index contributed by atoms with van der Waals surface area (Å²) in [5.41, 5.74) is 6.11. The molecule has 0 amide bonds. The van der Waals surface area contributed by atoms with Gasteiger partial charge in [0.2, 0.25) is 11.7 Å². The SMILES string of the molecule is CCOc1ccc(Cl)cc1-c1noc(CN)n1. The van der Waals surface area contributed by atoms with E-state index >= 15 is 0 Å². The van der Waals surface area contributed by atoms with E-state index in [-0.39, 0.29) is 6.54 Å². The van der Waals surface area contributed by atoms with Crippen LogP contribution in [0.3, 0.4) is 0 Å². The van der Waals surface area contributed by atoms with Gasteiger partial charge in [0.1, 0.15) is 5.75 Å². The summed E-state index contributed by atoms with van der Waals surface area (Å²) in [6, 6.07) is 5.26. The standard InChI is InChI=1S/C11H12ClN3O2/c1-2-16-9-4-3-7(12)5-8(9)11-14-10(6-13)17-15-11/h3-5H,2,6,13H2,1H3. The van der Waals surface area contributed by atoms with E-state index in [2.05, 4.69) is 10.1 Å². The maximum absolute atomic E-state index is 5.94. The Hall–Kier alpha value is -1.59. The summed E-state index contributed by atoms with van der Waals surface area (Å²) in [7, 11) is 0. The normalized spacial score (nSPS) is 10.5. The number of halogens is 1. The van der Waals surface area contributed by atoms with Crippen LogP contribution in [0.25, 0.3) is 11.4 Å². The van der Waals surface area contributed by atoms with Crippen LogP contribution >= 0.6 is 11.6 Å². The molecule has 2 aromatic rings. The summed E-state index contributed by atoms with van der Waals surface area (Å²) in [6.07, 6.45) is 0. The number of nitrogens with zero attached hydrogens (tertiary/aromatic N) is 2. The van der Waals surface area contributed by atoms with Gasteiger partial charge in [0.25, 0.3) is 0 Å². The van der Waals surface area contributed by atoms with Crippen molar-refractivity contribution in [2.75, 3.05) is 6.61 Å². The molecule has 0 radical (unpaired) electrons. The molecule has 6 heteroatoms. The molecular formula is C11H12ClN3O2. The second-order valence-corrected chi connectivity index (χ2v) is 3.73. The highest BCUT2D eigenvalue weighted by atomic mass is 35.5. The molecular weight excluding hydrogens is 242 g/mol. The Morgan fingerprint density at radius 3 is 2.94 bits per heavy atom. The van der Waals surface area contributed by atoms with E-state index in [0.29, 0.717) is 34.7 Å². The van der Waals surface area contributed by atoms with E-state index in [4.69, 9.17) is 26.6 Å². The van der Waals surface area contributed by atoms with Crippen LogP contribution in [-0.4, -0.2) is 16.7 Å². The number of nitrogens with two attached hydrogens (primary N) is 1. The number of benzene rings is 1. The second-order valence-electron chi connectivity index (χ2n) is 3.29. The molecule has 0 spiro atoms. The molecule has 90 valence electrons. The zero-order chi connectivity index (χ0) is 12.3. The predicted molar refractivity (Wildman–Crippen MR) is 63.8 cm³/mol. The minimum Gasteiger partial charge on any atom is -0.493 e. The molecule has 2 rings (SSSR count). The van der Waals surface area contributed by atoms with Gasteiger partial charge in [-0.25, -0.2) is 0 Å². The summed E-state index contributed by atoms with van der Waals surface area (Å²) in [6.45, 7) is 2.66. The van der Waals surface area contributed by atoms with Gasteiger partial charge in [0.15, 0.2) is 0 Å². The lowest BCUT2D eigenvalue weighted by Gasteiger charge is -2.07. The first-order valence-corrected chi connectivity index (χ1v) is 5.57. The van der Waals surface area contributed by atoms with Crippen LogP contribution < -0.4 is 10.5 Å². The van der Waals surface area contributed by atoms with Crippen molar-refractivity contribution in [2.24, 2.45) is 5.73 Å². The molecule has 5 nitrogen and oxygen atoms in total. The minimum absolute atomic E-state index is 0.206. The van der Waals surface area contributed by atoms with Gasteiger partial charge in [0, 0.05) is 5.02 Å². The molecule has 0 aliphatic carbocycles. The Kier molecular flexibility index (Phi) is 3.61. The summed E-state index contributed by atoms with van der Waals surface area (Å²) >= 11 is 5.94. The van der Waals surface area contributed by atoms with Crippen molar-refractivity contribution in [3.8, 4) is 17.1 Å². The van der Waals surface area contributed by atoms with Crippen LogP contribution in [0.4, 0.5) is 0 Å². The third-order valence-electron chi connectivity index (χ3n) is 2.13. The number of ether oxygens (including phenoxy) is 1. The average molecular weight is 254 g/mol. The second kappa shape index (κ2) is 5.16. The number of rotatable bonds is 4. The highest BCUT2D eigenvalue weighted by Gasteiger charge is 2.13. The third-order valence-corrected chi connectivity index (χ3v) is 2.36. The minimum atomic E-state index is 0.206. The maximum Gasteiger partial charge on any atom is 0.240 e. The summed E-state index contributed by atoms with van der Waals surface area (Å²) in [5.74, 6) is 1.47. The smallest absolute Gasteiger partial charge is 0.240 e. The van der Waals surface area contributed by atoms with E-state index in [0.717, 1.165) is 0 Å². The number of hydrogen-bond donors (Lipinski definition) is 1. The molecule has 0 fully saturated rings. The fraction of sp³-hybridized carbons (Fsp3) is 0.273. The Labute approximate surface area is 104 Å². The molecule has 1 aromatic heterocycles. The van der Waals surface area contributed by atoms with Crippen molar-refractivity contribution < 1.29 is 9.26 Å². The number of aromatic nitrogens is 2. The maximum atomic E-state index is 5.94. The van der Waals surface area contributed by atoms with Gasteiger partial charge in [-0.2, -0.15) is 4.98 Å². The van der Waals surface area contributed by atoms with Crippen molar-refractivity contribution in [2.45, 2.75) is 13.5 Å². The lowest BCUT2D eigenvalue weighted by atomic mass is 10.2. The molecule has 0 atom stereocenters. The highest BCUT2D eigenvalue weighted by Crippen LogP contribution is 2.30. The zero-order valence-electron chi connectivity index (χ0n) is 9.31. The molecule has 0 bridgehead atoms. The lowest BCUT2D eigenvalue weighted by molar-refractivity contribution is 0.341. The molecule has 0 aliphatic heterocycles. The molecule has 0 saturated carbocycles. The molecule has 0 aliphatic rings.